The number of hydrogen-bond donors (Lipinski definition) is 0. The van der Waals surface area contributed by atoms with Crippen molar-refractivity contribution >= 4 is 45.2 Å². The SMILES string of the molecule is CC=C[P+](c1ccccc1)(c1ccccc1)c1ccccc1.O=C1N2CC=C(c3ncco3)C(C2)N1OS(=O)(=O)[O-]. The molecule has 1 fully saturated rings. The molecule has 9 nitrogen and oxygen atoms in total. The highest BCUT2D eigenvalue weighted by atomic mass is 32.3. The fourth-order valence-corrected chi connectivity index (χ4v) is 9.20. The van der Waals surface area contributed by atoms with Gasteiger partial charge in [-0.1, -0.05) is 66.7 Å². The fourth-order valence-electron chi connectivity index (χ4n) is 5.05. The summed E-state index contributed by atoms with van der Waals surface area (Å²) in [6, 6.07) is 31.2. The van der Waals surface area contributed by atoms with E-state index in [9.17, 15) is 17.8 Å². The molecule has 1 atom stereocenters. The highest BCUT2D eigenvalue weighted by Gasteiger charge is 2.45. The number of amides is 2. The first-order valence-corrected chi connectivity index (χ1v) is 16.1. The molecule has 2 bridgehead atoms. The van der Waals surface area contributed by atoms with Gasteiger partial charge in [0, 0.05) is 12.1 Å². The molecule has 0 radical (unpaired) electrons. The third-order valence-corrected chi connectivity index (χ3v) is 11.2. The van der Waals surface area contributed by atoms with Crippen molar-refractivity contribution in [3.63, 3.8) is 0 Å². The van der Waals surface area contributed by atoms with Gasteiger partial charge in [-0.3, -0.25) is 0 Å². The molecule has 3 aromatic carbocycles. The lowest BCUT2D eigenvalue weighted by atomic mass is 10.0. The number of aromatic nitrogens is 1. The van der Waals surface area contributed by atoms with Crippen LogP contribution in [0.5, 0.6) is 0 Å². The lowest BCUT2D eigenvalue weighted by Gasteiger charge is -2.23. The number of carbonyl (C=O) groups is 1. The van der Waals surface area contributed by atoms with Crippen LogP contribution in [-0.2, 0) is 14.7 Å². The fraction of sp³-hybridized carbons (Fsp3) is 0.133. The molecule has 1 aromatic heterocycles. The number of fused-ring (bicyclic) bond motifs is 2. The first-order chi connectivity index (χ1) is 19.8. The Hall–Kier alpha value is -4.08. The Kier molecular flexibility index (Phi) is 8.46. The summed E-state index contributed by atoms with van der Waals surface area (Å²) in [6.07, 6.45) is 6.66. The van der Waals surface area contributed by atoms with Crippen molar-refractivity contribution in [2.45, 2.75) is 13.0 Å². The Morgan fingerprint density at radius 2 is 1.49 bits per heavy atom. The molecule has 4 aromatic rings. The van der Waals surface area contributed by atoms with E-state index in [1.807, 2.05) is 0 Å². The second-order valence-corrected chi connectivity index (χ2v) is 13.5. The van der Waals surface area contributed by atoms with Crippen molar-refractivity contribution in [3.8, 4) is 0 Å². The summed E-state index contributed by atoms with van der Waals surface area (Å²) in [6.45, 7) is 2.60. The lowest BCUT2D eigenvalue weighted by Crippen LogP contribution is -2.36. The summed E-state index contributed by atoms with van der Waals surface area (Å²) in [5, 5.41) is 4.73. The van der Waals surface area contributed by atoms with E-state index in [1.54, 1.807) is 6.08 Å². The predicted octanol–water partition coefficient (Wildman–Crippen LogP) is 4.08. The average Bonchev–Trinajstić information content (AvgIpc) is 3.61. The van der Waals surface area contributed by atoms with Gasteiger partial charge in [0.2, 0.25) is 16.3 Å². The molecular formula is C30H28N3O6PS. The van der Waals surface area contributed by atoms with Crippen LogP contribution < -0.4 is 15.9 Å². The van der Waals surface area contributed by atoms with Crippen molar-refractivity contribution in [2.24, 2.45) is 0 Å². The van der Waals surface area contributed by atoms with Gasteiger partial charge in [-0.25, -0.2) is 18.2 Å². The van der Waals surface area contributed by atoms with Crippen molar-refractivity contribution in [3.05, 3.63) is 127 Å². The summed E-state index contributed by atoms with van der Waals surface area (Å²) in [7, 11) is -6.75. The molecule has 2 amide bonds. The number of hydrogen-bond acceptors (Lipinski definition) is 7. The summed E-state index contributed by atoms with van der Waals surface area (Å²) < 4.78 is 41.3. The molecule has 0 aliphatic carbocycles. The number of oxazole rings is 1. The van der Waals surface area contributed by atoms with E-state index in [1.165, 1.54) is 33.3 Å². The largest absolute Gasteiger partial charge is 0.724 e. The van der Waals surface area contributed by atoms with Crippen LogP contribution in [0, 0.1) is 0 Å². The van der Waals surface area contributed by atoms with Gasteiger partial charge in [-0.2, -0.15) is 9.35 Å². The smallest absolute Gasteiger partial charge is 0.346 e. The molecule has 0 saturated carbocycles. The van der Waals surface area contributed by atoms with Gasteiger partial charge in [0.05, 0.1) is 18.6 Å². The van der Waals surface area contributed by atoms with Crippen LogP contribution in [0.15, 0.2) is 126 Å². The highest BCUT2D eigenvalue weighted by molar-refractivity contribution is 7.98. The zero-order valence-corrected chi connectivity index (χ0v) is 23.9. The number of allylic oxidation sites excluding steroid dienone is 1. The molecule has 0 N–H and O–H groups in total. The van der Waals surface area contributed by atoms with Gasteiger partial charge in [0.25, 0.3) is 0 Å². The van der Waals surface area contributed by atoms with Gasteiger partial charge in [0.15, 0.2) is 0 Å². The number of nitrogens with zero attached hydrogens (tertiary/aromatic N) is 3. The van der Waals surface area contributed by atoms with Crippen molar-refractivity contribution < 1.29 is 26.5 Å². The summed E-state index contributed by atoms with van der Waals surface area (Å²) >= 11 is 0. The Labute approximate surface area is 239 Å². The molecule has 3 heterocycles. The molecule has 1 saturated heterocycles. The standard InChI is InChI=1S/C21H20P.C9H9N3O6S/c1-2-18-22(19-12-6-3-7-13-19,20-14-8-4-9-15-20)21-16-10-5-11-17-21;13-9-11-3-1-6(8-10-2-4-17-8)7(5-11)12(9)18-19(14,15)16/h2-18H,1H3;1-2,4,7H,3,5H2,(H,14,15,16)/q+1;/p-1. The molecule has 11 heteroatoms. The Bertz CT molecular complexity index is 1530. The van der Waals surface area contributed by atoms with E-state index in [-0.39, 0.29) is 19.0 Å². The van der Waals surface area contributed by atoms with Crippen LogP contribution in [0.3, 0.4) is 0 Å². The van der Waals surface area contributed by atoms with Crippen molar-refractivity contribution in [2.75, 3.05) is 13.1 Å². The first-order valence-electron chi connectivity index (χ1n) is 12.9. The Morgan fingerprint density at radius 1 is 0.951 bits per heavy atom. The van der Waals surface area contributed by atoms with E-state index >= 15 is 0 Å². The molecule has 0 spiro atoms. The van der Waals surface area contributed by atoms with Crippen LogP contribution in [0.25, 0.3) is 5.57 Å². The minimum Gasteiger partial charge on any atom is -0.724 e. The maximum atomic E-state index is 11.8. The van der Waals surface area contributed by atoms with Crippen LogP contribution in [0.1, 0.15) is 12.8 Å². The molecule has 6 rings (SSSR count). The zero-order valence-electron chi connectivity index (χ0n) is 22.2. The molecule has 41 heavy (non-hydrogen) atoms. The van der Waals surface area contributed by atoms with Gasteiger partial charge in [-0.15, -0.1) is 0 Å². The molecular weight excluding hydrogens is 561 g/mol. The second-order valence-electron chi connectivity index (χ2n) is 9.22. The second kappa shape index (κ2) is 12.2. The van der Waals surface area contributed by atoms with Crippen LogP contribution in [0.2, 0.25) is 0 Å². The monoisotopic (exact) mass is 589 g/mol. The third-order valence-electron chi connectivity index (χ3n) is 6.74. The number of hydroxylamine groups is 2. The van der Waals surface area contributed by atoms with E-state index in [0.717, 1.165) is 0 Å². The first kappa shape index (κ1) is 28.4. The zero-order chi connectivity index (χ0) is 28.9. The average molecular weight is 590 g/mol. The quantitative estimate of drug-likeness (QED) is 0.181. The molecule has 1 unspecified atom stereocenters. The normalized spacial score (nSPS) is 16.9. The highest BCUT2D eigenvalue weighted by Crippen LogP contribution is 2.56. The van der Waals surface area contributed by atoms with Crippen LogP contribution >= 0.6 is 7.26 Å². The number of urea groups is 1. The van der Waals surface area contributed by atoms with Crippen LogP contribution in [0.4, 0.5) is 4.79 Å². The minimum absolute atomic E-state index is 0.211. The topological polar surface area (TPSA) is 116 Å². The van der Waals surface area contributed by atoms with Gasteiger partial charge in [-0.05, 0) is 43.3 Å². The Balaban J connectivity index is 0.000000166. The van der Waals surface area contributed by atoms with Gasteiger partial charge < -0.3 is 13.9 Å². The number of rotatable bonds is 7. The summed E-state index contributed by atoms with van der Waals surface area (Å²) in [5.74, 6) is 2.67. The predicted molar refractivity (Wildman–Crippen MR) is 158 cm³/mol. The van der Waals surface area contributed by atoms with E-state index in [0.29, 0.717) is 10.6 Å². The third kappa shape index (κ3) is 6.01. The maximum Gasteiger partial charge on any atom is 0.346 e. The summed E-state index contributed by atoms with van der Waals surface area (Å²) in [4.78, 5) is 17.1. The maximum absolute atomic E-state index is 11.8. The Morgan fingerprint density at radius 3 is 1.93 bits per heavy atom. The molecule has 2 aliphatic heterocycles. The van der Waals surface area contributed by atoms with Crippen molar-refractivity contribution in [1.82, 2.24) is 14.9 Å². The van der Waals surface area contributed by atoms with Crippen molar-refractivity contribution in [1.29, 1.82) is 0 Å². The van der Waals surface area contributed by atoms with E-state index in [2.05, 4.69) is 119 Å². The summed E-state index contributed by atoms with van der Waals surface area (Å²) in [5.41, 5.74) is 0.510. The van der Waals surface area contributed by atoms with Crippen LogP contribution in [-0.4, -0.2) is 53.1 Å². The van der Waals surface area contributed by atoms with E-state index in [4.69, 9.17) is 4.42 Å². The number of carbonyl (C=O) groups excluding carboxylic acids is 1. The van der Waals surface area contributed by atoms with Gasteiger partial charge >= 0.3 is 6.03 Å². The lowest BCUT2D eigenvalue weighted by molar-refractivity contribution is -0.0175. The number of benzene rings is 3. The van der Waals surface area contributed by atoms with Gasteiger partial charge in [0.1, 0.15) is 35.5 Å². The molecule has 2 aliphatic rings. The minimum atomic E-state index is -5.02. The van der Waals surface area contributed by atoms with E-state index < -0.39 is 29.7 Å². The molecule has 210 valence electrons.